The highest BCUT2D eigenvalue weighted by Gasteiger charge is 2.67. The normalized spacial score (nSPS) is 29.6. The lowest BCUT2D eigenvalue weighted by atomic mass is 9.92. The first-order valence-corrected chi connectivity index (χ1v) is 17.9. The summed E-state index contributed by atoms with van der Waals surface area (Å²) in [4.78, 5) is 5.74. The maximum absolute atomic E-state index is 5.74. The molecule has 3 fully saturated rings. The van der Waals surface area contributed by atoms with Crippen LogP contribution in [0.3, 0.4) is 0 Å². The lowest BCUT2D eigenvalue weighted by Crippen LogP contribution is -2.78. The van der Waals surface area contributed by atoms with Gasteiger partial charge in [-0.25, -0.2) is 0 Å². The highest BCUT2D eigenvalue weighted by molar-refractivity contribution is 7.63. The Labute approximate surface area is 212 Å². The van der Waals surface area contributed by atoms with Gasteiger partial charge in [0.2, 0.25) is 8.40 Å². The first-order chi connectivity index (χ1) is 15.6. The molecule has 2 bridgehead atoms. The maximum Gasteiger partial charge on any atom is 0.210 e. The summed E-state index contributed by atoms with van der Waals surface area (Å²) in [6.07, 6.45) is 4.10. The Bertz CT molecular complexity index is 903. The summed E-state index contributed by atoms with van der Waals surface area (Å²) in [6, 6.07) is 6.90. The Hall–Kier alpha value is -0.543. The van der Waals surface area contributed by atoms with Gasteiger partial charge in [-0.05, 0) is 109 Å². The van der Waals surface area contributed by atoms with E-state index in [1.165, 1.54) is 36.1 Å². The SMILES string of the molecule is CC(C)c1cccc(C(C)C)c1/N=C1\C2CCC(C2)C1P1N(C(C)(C)C)[Si](C)(C)N1C(C)(C)C. The van der Waals surface area contributed by atoms with Gasteiger partial charge in [-0.3, -0.25) is 13.7 Å². The van der Waals surface area contributed by atoms with Crippen molar-refractivity contribution < 1.29 is 0 Å². The van der Waals surface area contributed by atoms with E-state index in [1.54, 1.807) is 5.71 Å². The first kappa shape index (κ1) is 26.5. The van der Waals surface area contributed by atoms with Crippen molar-refractivity contribution in [2.24, 2.45) is 16.8 Å². The van der Waals surface area contributed by atoms with Gasteiger partial charge in [0.25, 0.3) is 0 Å². The Balaban J connectivity index is 1.87. The Morgan fingerprint density at radius 2 is 1.38 bits per heavy atom. The molecule has 1 aliphatic heterocycles. The highest BCUT2D eigenvalue weighted by atomic mass is 31.1. The molecule has 0 amide bonds. The highest BCUT2D eigenvalue weighted by Crippen LogP contribution is 2.73. The molecule has 190 valence electrons. The van der Waals surface area contributed by atoms with E-state index in [4.69, 9.17) is 4.99 Å². The van der Waals surface area contributed by atoms with Crippen LogP contribution in [0.5, 0.6) is 0 Å². The third kappa shape index (κ3) is 4.29. The smallest absolute Gasteiger partial charge is 0.210 e. The molecule has 0 N–H and O–H groups in total. The average molecular weight is 500 g/mol. The lowest BCUT2D eigenvalue weighted by molar-refractivity contribution is 0.234. The van der Waals surface area contributed by atoms with Gasteiger partial charge < -0.3 is 0 Å². The Morgan fingerprint density at radius 3 is 1.82 bits per heavy atom. The van der Waals surface area contributed by atoms with Crippen molar-refractivity contribution in [3.63, 3.8) is 0 Å². The second-order valence-electron chi connectivity index (χ2n) is 14.1. The molecule has 3 unspecified atom stereocenters. The largest absolute Gasteiger partial charge is 0.272 e. The van der Waals surface area contributed by atoms with Crippen molar-refractivity contribution in [2.45, 2.75) is 130 Å². The van der Waals surface area contributed by atoms with Crippen LogP contribution >= 0.6 is 8.22 Å². The molecular formula is C29H50N3PSi. The van der Waals surface area contributed by atoms with Crippen LogP contribution in [-0.2, 0) is 0 Å². The summed E-state index contributed by atoms with van der Waals surface area (Å²) in [5.74, 6) is 2.48. The number of nitrogens with zero attached hydrogens (tertiary/aromatic N) is 3. The van der Waals surface area contributed by atoms with Crippen molar-refractivity contribution in [3.05, 3.63) is 29.3 Å². The number of benzene rings is 1. The van der Waals surface area contributed by atoms with E-state index >= 15 is 0 Å². The predicted octanol–water partition coefficient (Wildman–Crippen LogP) is 9.03. The van der Waals surface area contributed by atoms with Crippen molar-refractivity contribution in [2.75, 3.05) is 0 Å². The van der Waals surface area contributed by atoms with Crippen LogP contribution in [0.4, 0.5) is 5.69 Å². The van der Waals surface area contributed by atoms with Gasteiger partial charge in [0.05, 0.1) is 5.69 Å². The zero-order valence-corrected chi connectivity index (χ0v) is 25.9. The fourth-order valence-corrected chi connectivity index (χ4v) is 19.2. The van der Waals surface area contributed by atoms with Crippen LogP contribution in [0.15, 0.2) is 23.2 Å². The van der Waals surface area contributed by atoms with E-state index in [0.29, 0.717) is 23.4 Å². The number of fused-ring (bicyclic) bond motifs is 2. The summed E-state index contributed by atoms with van der Waals surface area (Å²) in [6.45, 7) is 29.2. The molecule has 3 atom stereocenters. The number of para-hydroxylation sites is 1. The molecule has 0 spiro atoms. The standard InChI is InChI=1S/C29H50N3PSi/c1-19(2)23-14-13-15-24(20(3)4)26(23)30-25-21-16-17-22(18-21)27(25)33-31(28(5,6)7)34(11,12)32(33)29(8,9)10/h13-15,19-22,27H,16-18H2,1-12H3/b30-25+. The van der Waals surface area contributed by atoms with Crippen molar-refractivity contribution in [1.29, 1.82) is 0 Å². The maximum atomic E-state index is 5.74. The molecule has 2 saturated carbocycles. The van der Waals surface area contributed by atoms with Crippen LogP contribution in [0.1, 0.15) is 111 Å². The summed E-state index contributed by atoms with van der Waals surface area (Å²) in [7, 11) is -2.07. The lowest BCUT2D eigenvalue weighted by Gasteiger charge is -2.72. The summed E-state index contributed by atoms with van der Waals surface area (Å²) in [5, 5.41) is 0. The topological polar surface area (TPSA) is 18.8 Å². The van der Waals surface area contributed by atoms with E-state index < -0.39 is 16.6 Å². The second kappa shape index (κ2) is 8.79. The molecule has 1 aromatic carbocycles. The number of hydrogen-bond acceptors (Lipinski definition) is 3. The zero-order valence-electron chi connectivity index (χ0n) is 24.0. The van der Waals surface area contributed by atoms with Crippen molar-refractivity contribution in [3.8, 4) is 0 Å². The van der Waals surface area contributed by atoms with Crippen LogP contribution in [-0.4, -0.2) is 39.5 Å². The molecule has 5 heteroatoms. The zero-order chi connectivity index (χ0) is 25.4. The summed E-state index contributed by atoms with van der Waals surface area (Å²) in [5.41, 5.74) is 6.74. The fraction of sp³-hybridized carbons (Fsp3) is 0.759. The minimum atomic E-state index is -1.68. The molecule has 2 aliphatic carbocycles. The fourth-order valence-electron chi connectivity index (χ4n) is 7.44. The monoisotopic (exact) mass is 499 g/mol. The molecule has 1 heterocycles. The molecule has 1 saturated heterocycles. The van der Waals surface area contributed by atoms with E-state index in [2.05, 4.69) is 109 Å². The van der Waals surface area contributed by atoms with Gasteiger partial charge in [0, 0.05) is 30.7 Å². The van der Waals surface area contributed by atoms with Gasteiger partial charge in [-0.1, -0.05) is 45.9 Å². The Kier molecular flexibility index (Phi) is 6.85. The van der Waals surface area contributed by atoms with Gasteiger partial charge >= 0.3 is 0 Å². The second-order valence-corrected chi connectivity index (χ2v) is 20.8. The molecule has 34 heavy (non-hydrogen) atoms. The molecule has 3 aliphatic rings. The molecule has 0 aromatic heterocycles. The van der Waals surface area contributed by atoms with Crippen LogP contribution in [0.2, 0.25) is 13.1 Å². The first-order valence-electron chi connectivity index (χ1n) is 13.7. The summed E-state index contributed by atoms with van der Waals surface area (Å²) < 4.78 is 6.03. The molecule has 0 radical (unpaired) electrons. The predicted molar refractivity (Wildman–Crippen MR) is 154 cm³/mol. The third-order valence-electron chi connectivity index (χ3n) is 8.19. The minimum Gasteiger partial charge on any atom is -0.272 e. The minimum absolute atomic E-state index is 0.203. The van der Waals surface area contributed by atoms with E-state index in [-0.39, 0.29) is 11.1 Å². The molecule has 4 rings (SSSR count). The third-order valence-corrected chi connectivity index (χ3v) is 19.0. The van der Waals surface area contributed by atoms with Gasteiger partial charge in [0.15, 0.2) is 0 Å². The number of rotatable bonds is 4. The van der Waals surface area contributed by atoms with E-state index in [9.17, 15) is 0 Å². The van der Waals surface area contributed by atoms with E-state index in [0.717, 1.165) is 5.92 Å². The Morgan fingerprint density at radius 1 is 0.882 bits per heavy atom. The quantitative estimate of drug-likeness (QED) is 0.304. The van der Waals surface area contributed by atoms with Crippen LogP contribution in [0.25, 0.3) is 0 Å². The van der Waals surface area contributed by atoms with Crippen molar-refractivity contribution >= 4 is 28.0 Å². The van der Waals surface area contributed by atoms with Crippen molar-refractivity contribution in [1.82, 2.24) is 8.67 Å². The van der Waals surface area contributed by atoms with Crippen LogP contribution < -0.4 is 0 Å². The number of aliphatic imine (C=N–C) groups is 1. The van der Waals surface area contributed by atoms with Gasteiger partial charge in [-0.2, -0.15) is 0 Å². The average Bonchev–Trinajstić information content (AvgIpc) is 3.25. The van der Waals surface area contributed by atoms with Gasteiger partial charge in [0.1, 0.15) is 0 Å². The van der Waals surface area contributed by atoms with E-state index in [1.807, 2.05) is 0 Å². The van der Waals surface area contributed by atoms with Crippen LogP contribution in [0, 0.1) is 11.8 Å². The molecular weight excluding hydrogens is 449 g/mol. The summed E-state index contributed by atoms with van der Waals surface area (Å²) >= 11 is 0. The molecule has 1 aromatic rings. The van der Waals surface area contributed by atoms with Gasteiger partial charge in [-0.15, -0.1) is 0 Å². The number of hydrogen-bond donors (Lipinski definition) is 0. The molecule has 3 nitrogen and oxygen atoms in total.